The first kappa shape index (κ1) is 18.8. The van der Waals surface area contributed by atoms with Gasteiger partial charge in [-0.2, -0.15) is 0 Å². The van der Waals surface area contributed by atoms with Crippen LogP contribution < -0.4 is 10.9 Å². The summed E-state index contributed by atoms with van der Waals surface area (Å²) in [5.41, 5.74) is 0.941. The zero-order valence-electron chi connectivity index (χ0n) is 14.0. The number of carbonyl (C=O) groups excluding carboxylic acids is 1. The fourth-order valence-corrected chi connectivity index (χ4v) is 3.48. The van der Waals surface area contributed by atoms with Crippen molar-refractivity contribution in [2.24, 2.45) is 0 Å². The number of hydrogen-bond acceptors (Lipinski definition) is 5. The van der Waals surface area contributed by atoms with Crippen LogP contribution in [0.1, 0.15) is 12.7 Å². The Morgan fingerprint density at radius 1 is 1.38 bits per heavy atom. The second-order valence-corrected chi connectivity index (χ2v) is 7.53. The van der Waals surface area contributed by atoms with E-state index < -0.39 is 6.04 Å². The number of nitrogens with zero attached hydrogens (tertiary/aromatic N) is 2. The summed E-state index contributed by atoms with van der Waals surface area (Å²) in [6.07, 6.45) is 0. The van der Waals surface area contributed by atoms with E-state index in [-0.39, 0.29) is 11.5 Å². The number of fused-ring (bicyclic) bond motifs is 1. The number of benzene rings is 1. The number of H-pyrrole nitrogens is 1. The molecule has 0 aliphatic carbocycles. The molecule has 0 aliphatic rings. The zero-order valence-corrected chi connectivity index (χ0v) is 16.4. The van der Waals surface area contributed by atoms with Gasteiger partial charge in [-0.3, -0.25) is 14.5 Å². The largest absolute Gasteiger partial charge is 0.323 e. The third kappa shape index (κ3) is 3.91. The minimum atomic E-state index is -0.478. The summed E-state index contributed by atoms with van der Waals surface area (Å²) < 4.78 is 0.595. The summed E-state index contributed by atoms with van der Waals surface area (Å²) in [5, 5.41) is 5.26. The first-order valence-electron chi connectivity index (χ1n) is 7.78. The number of amides is 1. The number of nitrogens with one attached hydrogen (secondary N) is 2. The van der Waals surface area contributed by atoms with Crippen molar-refractivity contribution in [2.75, 3.05) is 12.4 Å². The summed E-state index contributed by atoms with van der Waals surface area (Å²) in [4.78, 5) is 33.5. The van der Waals surface area contributed by atoms with Gasteiger partial charge in [-0.25, -0.2) is 4.98 Å². The Morgan fingerprint density at radius 2 is 2.15 bits per heavy atom. The fourth-order valence-electron chi connectivity index (χ4n) is 2.41. The van der Waals surface area contributed by atoms with Crippen LogP contribution in [0, 0.1) is 0 Å². The highest BCUT2D eigenvalue weighted by molar-refractivity contribution is 7.17. The van der Waals surface area contributed by atoms with Gasteiger partial charge in [-0.15, -0.1) is 11.3 Å². The molecule has 0 saturated heterocycles. The third-order valence-electron chi connectivity index (χ3n) is 4.01. The van der Waals surface area contributed by atoms with Crippen molar-refractivity contribution in [1.29, 1.82) is 0 Å². The lowest BCUT2D eigenvalue weighted by atomic mass is 10.2. The van der Waals surface area contributed by atoms with Crippen molar-refractivity contribution in [2.45, 2.75) is 19.5 Å². The van der Waals surface area contributed by atoms with Gasteiger partial charge >= 0.3 is 0 Å². The van der Waals surface area contributed by atoms with E-state index in [1.165, 1.54) is 11.3 Å². The SMILES string of the molecule is CC(C(=O)Nc1cccc(Cl)c1Cl)N(C)Cc1nc2ccsc2c(=O)[nH]1. The number of carbonyl (C=O) groups is 1. The Kier molecular flexibility index (Phi) is 5.62. The van der Waals surface area contributed by atoms with Crippen molar-refractivity contribution < 1.29 is 4.79 Å². The Labute approximate surface area is 163 Å². The smallest absolute Gasteiger partial charge is 0.268 e. The van der Waals surface area contributed by atoms with Crippen molar-refractivity contribution in [3.8, 4) is 0 Å². The fraction of sp³-hybridized carbons (Fsp3) is 0.235. The summed E-state index contributed by atoms with van der Waals surface area (Å²) in [6.45, 7) is 2.08. The van der Waals surface area contributed by atoms with E-state index in [4.69, 9.17) is 23.2 Å². The highest BCUT2D eigenvalue weighted by Crippen LogP contribution is 2.29. The van der Waals surface area contributed by atoms with Crippen molar-refractivity contribution in [3.63, 3.8) is 0 Å². The van der Waals surface area contributed by atoms with Crippen LogP contribution in [0.15, 0.2) is 34.4 Å². The summed E-state index contributed by atoms with van der Waals surface area (Å²) in [6, 6.07) is 6.37. The molecule has 2 aromatic heterocycles. The van der Waals surface area contributed by atoms with Gasteiger partial charge in [0.2, 0.25) is 5.91 Å². The second-order valence-electron chi connectivity index (χ2n) is 5.83. The quantitative estimate of drug-likeness (QED) is 0.671. The number of rotatable bonds is 5. The molecule has 6 nitrogen and oxygen atoms in total. The molecule has 2 heterocycles. The minimum absolute atomic E-state index is 0.170. The van der Waals surface area contributed by atoms with Crippen LogP contribution in [0.3, 0.4) is 0 Å². The molecule has 1 unspecified atom stereocenters. The van der Waals surface area contributed by atoms with Gasteiger partial charge in [0.15, 0.2) is 0 Å². The van der Waals surface area contributed by atoms with Gasteiger partial charge in [-0.1, -0.05) is 29.3 Å². The molecule has 2 N–H and O–H groups in total. The van der Waals surface area contributed by atoms with E-state index in [9.17, 15) is 9.59 Å². The van der Waals surface area contributed by atoms with Crippen LogP contribution in [-0.4, -0.2) is 33.9 Å². The topological polar surface area (TPSA) is 78.1 Å². The van der Waals surface area contributed by atoms with Crippen LogP contribution >= 0.6 is 34.5 Å². The first-order chi connectivity index (χ1) is 12.4. The second kappa shape index (κ2) is 7.75. The van der Waals surface area contributed by atoms with Crippen LogP contribution in [0.2, 0.25) is 10.0 Å². The van der Waals surface area contributed by atoms with Crippen molar-refractivity contribution >= 4 is 56.3 Å². The number of thiophene rings is 1. The maximum Gasteiger partial charge on any atom is 0.268 e. The lowest BCUT2D eigenvalue weighted by Crippen LogP contribution is -2.39. The maximum atomic E-state index is 12.5. The Hall–Kier alpha value is -1.93. The first-order valence-corrected chi connectivity index (χ1v) is 9.42. The third-order valence-corrected chi connectivity index (χ3v) is 5.73. The van der Waals surface area contributed by atoms with Crippen LogP contribution in [0.5, 0.6) is 0 Å². The normalized spacial score (nSPS) is 12.5. The molecule has 1 aromatic carbocycles. The van der Waals surface area contributed by atoms with Gasteiger partial charge < -0.3 is 10.3 Å². The summed E-state index contributed by atoms with van der Waals surface area (Å²) in [7, 11) is 1.78. The van der Waals surface area contributed by atoms with Crippen LogP contribution in [-0.2, 0) is 11.3 Å². The van der Waals surface area contributed by atoms with E-state index in [1.807, 2.05) is 5.38 Å². The zero-order chi connectivity index (χ0) is 18.8. The highest BCUT2D eigenvalue weighted by atomic mass is 35.5. The van der Waals surface area contributed by atoms with Gasteiger partial charge in [-0.05, 0) is 37.6 Å². The molecule has 0 radical (unpaired) electrons. The molecule has 0 fully saturated rings. The van der Waals surface area contributed by atoms with E-state index in [1.54, 1.807) is 43.1 Å². The average molecular weight is 411 g/mol. The monoisotopic (exact) mass is 410 g/mol. The Bertz CT molecular complexity index is 1020. The number of aromatic amines is 1. The Balaban J connectivity index is 1.71. The molecule has 0 spiro atoms. The summed E-state index contributed by atoms with van der Waals surface area (Å²) >= 11 is 13.4. The number of halogens is 2. The molecular weight excluding hydrogens is 395 g/mol. The molecule has 3 aromatic rings. The summed E-state index contributed by atoms with van der Waals surface area (Å²) in [5.74, 6) is 0.263. The highest BCUT2D eigenvalue weighted by Gasteiger charge is 2.20. The molecule has 0 saturated carbocycles. The predicted octanol–water partition coefficient (Wildman–Crippen LogP) is 3.75. The average Bonchev–Trinajstić information content (AvgIpc) is 3.07. The Morgan fingerprint density at radius 3 is 2.92 bits per heavy atom. The van der Waals surface area contributed by atoms with Crippen molar-refractivity contribution in [3.05, 3.63) is 55.9 Å². The standard InChI is InChI=1S/C17H16Cl2N4O2S/c1-9(16(24)21-11-5-3-4-10(18)14(11)19)23(2)8-13-20-12-6-7-26-15(12)17(25)22-13/h3-7,9H,8H2,1-2H3,(H,21,24)(H,20,22,25). The van der Waals surface area contributed by atoms with Gasteiger partial charge in [0.05, 0.1) is 33.8 Å². The van der Waals surface area contributed by atoms with E-state index in [0.717, 1.165) is 0 Å². The molecule has 26 heavy (non-hydrogen) atoms. The number of aromatic nitrogens is 2. The molecule has 0 bridgehead atoms. The predicted molar refractivity (Wildman–Crippen MR) is 106 cm³/mol. The number of likely N-dealkylation sites (N-methyl/N-ethyl adjacent to an activating group) is 1. The molecule has 1 amide bonds. The molecule has 9 heteroatoms. The lowest BCUT2D eigenvalue weighted by Gasteiger charge is -2.23. The van der Waals surface area contributed by atoms with Gasteiger partial charge in [0.1, 0.15) is 10.5 Å². The van der Waals surface area contributed by atoms with E-state index in [0.29, 0.717) is 38.3 Å². The molecule has 136 valence electrons. The molecule has 1 atom stereocenters. The van der Waals surface area contributed by atoms with Crippen LogP contribution in [0.25, 0.3) is 10.2 Å². The van der Waals surface area contributed by atoms with Gasteiger partial charge in [0, 0.05) is 0 Å². The number of anilines is 1. The molecule has 3 rings (SSSR count). The lowest BCUT2D eigenvalue weighted by molar-refractivity contribution is -0.120. The van der Waals surface area contributed by atoms with Gasteiger partial charge in [0.25, 0.3) is 5.56 Å². The van der Waals surface area contributed by atoms with Crippen LogP contribution in [0.4, 0.5) is 5.69 Å². The van der Waals surface area contributed by atoms with Crippen molar-refractivity contribution in [1.82, 2.24) is 14.9 Å². The molecule has 0 aliphatic heterocycles. The molecular formula is C17H16Cl2N4O2S. The number of hydrogen-bond donors (Lipinski definition) is 2. The maximum absolute atomic E-state index is 12.5. The van der Waals surface area contributed by atoms with E-state index in [2.05, 4.69) is 15.3 Å². The van der Waals surface area contributed by atoms with E-state index >= 15 is 0 Å². The minimum Gasteiger partial charge on any atom is -0.323 e.